The van der Waals surface area contributed by atoms with E-state index >= 15 is 0 Å². The first kappa shape index (κ1) is 24.9. The van der Waals surface area contributed by atoms with Crippen molar-refractivity contribution in [3.63, 3.8) is 0 Å². The lowest BCUT2D eigenvalue weighted by atomic mass is 10.2. The summed E-state index contributed by atoms with van der Waals surface area (Å²) in [4.78, 5) is 0. The van der Waals surface area contributed by atoms with E-state index in [9.17, 15) is 5.11 Å². The van der Waals surface area contributed by atoms with Crippen LogP contribution in [0.2, 0.25) is 5.04 Å². The van der Waals surface area contributed by atoms with Gasteiger partial charge in [-0.1, -0.05) is 110 Å². The van der Waals surface area contributed by atoms with E-state index in [1.165, 1.54) is 10.4 Å². The Morgan fingerprint density at radius 1 is 0.912 bits per heavy atom. The molecule has 0 spiro atoms. The van der Waals surface area contributed by atoms with E-state index in [1.807, 2.05) is 6.07 Å². The van der Waals surface area contributed by atoms with Crippen LogP contribution in [0.25, 0.3) is 10.9 Å². The number of aliphatic hydroxyl groups excluding tert-OH is 1. The number of rotatable bonds is 8. The van der Waals surface area contributed by atoms with Gasteiger partial charge in [0.05, 0.1) is 6.61 Å². The van der Waals surface area contributed by atoms with Crippen molar-refractivity contribution in [3.05, 3.63) is 95.1 Å². The van der Waals surface area contributed by atoms with E-state index in [-0.39, 0.29) is 17.6 Å². The van der Waals surface area contributed by atoms with Crippen LogP contribution < -0.4 is 10.4 Å². The third-order valence-corrected chi connectivity index (χ3v) is 12.1. The Kier molecular flexibility index (Phi) is 7.48. The number of fused-ring (bicyclic) bond motifs is 1. The monoisotopic (exact) mass is 535 g/mol. The second-order valence-electron chi connectivity index (χ2n) is 10.2. The minimum atomic E-state index is -2.56. The normalized spacial score (nSPS) is 13.4. The molecule has 5 heteroatoms. The van der Waals surface area contributed by atoms with Gasteiger partial charge in [-0.05, 0) is 39.5 Å². The van der Waals surface area contributed by atoms with Crippen molar-refractivity contribution in [2.75, 3.05) is 6.61 Å². The number of aromatic nitrogens is 1. The van der Waals surface area contributed by atoms with Crippen LogP contribution in [0.3, 0.4) is 0 Å². The zero-order valence-corrected chi connectivity index (χ0v) is 23.0. The summed E-state index contributed by atoms with van der Waals surface area (Å²) in [5.74, 6) is 0.265. The summed E-state index contributed by atoms with van der Waals surface area (Å²) in [7, 11) is -2.56. The number of hydrogen-bond acceptors (Lipinski definition) is 2. The Bertz CT molecular complexity index is 1190. The van der Waals surface area contributed by atoms with Crippen LogP contribution in [0.15, 0.2) is 89.4 Å². The smallest absolute Gasteiger partial charge is 0.261 e. The van der Waals surface area contributed by atoms with Gasteiger partial charge in [-0.3, -0.25) is 0 Å². The average Bonchev–Trinajstić information content (AvgIpc) is 3.16. The lowest BCUT2D eigenvalue weighted by Gasteiger charge is -2.43. The van der Waals surface area contributed by atoms with Crippen molar-refractivity contribution in [3.8, 4) is 0 Å². The summed E-state index contributed by atoms with van der Waals surface area (Å²) in [6.07, 6.45) is 0. The van der Waals surface area contributed by atoms with Gasteiger partial charge in [0, 0.05) is 34.2 Å². The Balaban J connectivity index is 1.68. The van der Waals surface area contributed by atoms with Gasteiger partial charge in [0.2, 0.25) is 0 Å². The second-order valence-corrected chi connectivity index (χ2v) is 15.4. The Morgan fingerprint density at radius 2 is 1.50 bits per heavy atom. The minimum absolute atomic E-state index is 0.0224. The van der Waals surface area contributed by atoms with Crippen LogP contribution in [-0.4, -0.2) is 24.6 Å². The maximum absolute atomic E-state index is 10.0. The molecule has 0 aliphatic heterocycles. The van der Waals surface area contributed by atoms with Crippen LogP contribution in [-0.2, 0) is 17.6 Å². The fraction of sp³-hybridized carbons (Fsp3) is 0.310. The molecule has 4 aromatic rings. The predicted octanol–water partition coefficient (Wildman–Crippen LogP) is 6.11. The van der Waals surface area contributed by atoms with E-state index in [1.54, 1.807) is 0 Å². The number of aliphatic hydroxyl groups is 1. The van der Waals surface area contributed by atoms with Crippen molar-refractivity contribution in [1.82, 2.24) is 4.57 Å². The van der Waals surface area contributed by atoms with Crippen LogP contribution in [0.5, 0.6) is 0 Å². The molecule has 0 aliphatic rings. The molecule has 0 saturated heterocycles. The third-order valence-electron chi connectivity index (χ3n) is 6.61. The number of halogens is 1. The Morgan fingerprint density at radius 3 is 2.03 bits per heavy atom. The second kappa shape index (κ2) is 10.2. The highest BCUT2D eigenvalue weighted by Gasteiger charge is 2.50. The standard InChI is InChI=1S/C29H34BrNO2Si/c1-22(19-31-25(20-32)17-23-15-16-24(30)18-28(23)31)21-33-34(29(2,3)4,26-11-7-5-8-12-26)27-13-9-6-10-14-27/h5-18,22,32H,19-21H2,1-4H3. The van der Waals surface area contributed by atoms with Crippen LogP contribution >= 0.6 is 15.9 Å². The SMILES string of the molecule is CC(CO[Si](c1ccccc1)(c1ccccc1)C(C)(C)C)Cn1c(CO)cc2ccc(Br)cc21. The molecule has 178 valence electrons. The highest BCUT2D eigenvalue weighted by Crippen LogP contribution is 2.37. The summed E-state index contributed by atoms with van der Waals surface area (Å²) < 4.78 is 10.4. The van der Waals surface area contributed by atoms with Gasteiger partial charge in [0.15, 0.2) is 0 Å². The van der Waals surface area contributed by atoms with Gasteiger partial charge in [-0.25, -0.2) is 0 Å². The summed E-state index contributed by atoms with van der Waals surface area (Å²) in [6.45, 7) is 10.6. The van der Waals surface area contributed by atoms with Gasteiger partial charge >= 0.3 is 0 Å². The first-order valence-corrected chi connectivity index (χ1v) is 14.6. The molecule has 1 N–H and O–H groups in total. The van der Waals surface area contributed by atoms with Crippen molar-refractivity contribution in [1.29, 1.82) is 0 Å². The molecule has 3 nitrogen and oxygen atoms in total. The average molecular weight is 537 g/mol. The predicted molar refractivity (Wildman–Crippen MR) is 148 cm³/mol. The highest BCUT2D eigenvalue weighted by atomic mass is 79.9. The quantitative estimate of drug-likeness (QED) is 0.276. The maximum atomic E-state index is 10.0. The molecule has 0 fully saturated rings. The third kappa shape index (κ3) is 4.80. The van der Waals surface area contributed by atoms with Crippen LogP contribution in [0, 0.1) is 5.92 Å². The van der Waals surface area contributed by atoms with Gasteiger partial charge in [0.25, 0.3) is 8.32 Å². The van der Waals surface area contributed by atoms with E-state index in [0.717, 1.165) is 27.6 Å². The van der Waals surface area contributed by atoms with Crippen molar-refractivity contribution >= 4 is 45.5 Å². The zero-order chi connectivity index (χ0) is 24.3. The lowest BCUT2D eigenvalue weighted by molar-refractivity contribution is 0.225. The zero-order valence-electron chi connectivity index (χ0n) is 20.5. The summed E-state index contributed by atoms with van der Waals surface area (Å²) in [6, 6.07) is 29.9. The minimum Gasteiger partial charge on any atom is -0.407 e. The molecule has 0 bridgehead atoms. The molecule has 34 heavy (non-hydrogen) atoms. The first-order chi connectivity index (χ1) is 16.3. The first-order valence-electron chi connectivity index (χ1n) is 11.9. The molecule has 1 atom stereocenters. The Hall–Kier alpha value is -2.18. The van der Waals surface area contributed by atoms with Gasteiger partial charge in [-0.15, -0.1) is 0 Å². The fourth-order valence-electron chi connectivity index (χ4n) is 5.02. The molecular weight excluding hydrogens is 502 g/mol. The van der Waals surface area contributed by atoms with E-state index in [4.69, 9.17) is 4.43 Å². The van der Waals surface area contributed by atoms with Gasteiger partial charge < -0.3 is 14.1 Å². The summed E-state index contributed by atoms with van der Waals surface area (Å²) in [5.41, 5.74) is 2.07. The van der Waals surface area contributed by atoms with Crippen molar-refractivity contribution in [2.24, 2.45) is 5.92 Å². The molecule has 0 saturated carbocycles. The van der Waals surface area contributed by atoms with Gasteiger partial charge in [-0.2, -0.15) is 0 Å². The molecular formula is C29H34BrNO2Si. The van der Waals surface area contributed by atoms with Crippen molar-refractivity contribution in [2.45, 2.75) is 45.9 Å². The maximum Gasteiger partial charge on any atom is 0.261 e. The molecule has 1 heterocycles. The molecule has 0 amide bonds. The fourth-order valence-corrected chi connectivity index (χ4v) is 10.1. The van der Waals surface area contributed by atoms with E-state index in [2.05, 4.69) is 127 Å². The molecule has 0 aliphatic carbocycles. The lowest BCUT2D eigenvalue weighted by Crippen LogP contribution is -2.66. The summed E-state index contributed by atoms with van der Waals surface area (Å²) in [5, 5.41) is 13.7. The van der Waals surface area contributed by atoms with Crippen LogP contribution in [0.4, 0.5) is 0 Å². The number of nitrogens with zero attached hydrogens (tertiary/aromatic N) is 1. The topological polar surface area (TPSA) is 34.4 Å². The molecule has 4 rings (SSSR count). The summed E-state index contributed by atoms with van der Waals surface area (Å²) >= 11 is 3.60. The molecule has 1 aromatic heterocycles. The van der Waals surface area contributed by atoms with E-state index in [0.29, 0.717) is 6.61 Å². The van der Waals surface area contributed by atoms with Crippen molar-refractivity contribution < 1.29 is 9.53 Å². The molecule has 3 aromatic carbocycles. The van der Waals surface area contributed by atoms with E-state index < -0.39 is 8.32 Å². The Labute approximate surface area is 212 Å². The number of benzene rings is 3. The number of hydrogen-bond donors (Lipinski definition) is 1. The van der Waals surface area contributed by atoms with Crippen LogP contribution in [0.1, 0.15) is 33.4 Å². The molecule has 1 unspecified atom stereocenters. The largest absolute Gasteiger partial charge is 0.407 e. The molecule has 0 radical (unpaired) electrons. The van der Waals surface area contributed by atoms with Gasteiger partial charge in [0.1, 0.15) is 0 Å². The highest BCUT2D eigenvalue weighted by molar-refractivity contribution is 9.10.